The summed E-state index contributed by atoms with van der Waals surface area (Å²) < 4.78 is 0. The van der Waals surface area contributed by atoms with Gasteiger partial charge in [0.15, 0.2) is 5.78 Å². The number of hydrogen-bond donors (Lipinski definition) is 0. The third-order valence-electron chi connectivity index (χ3n) is 4.41. The van der Waals surface area contributed by atoms with Crippen LogP contribution in [0.2, 0.25) is 0 Å². The zero-order valence-corrected chi connectivity index (χ0v) is 13.8. The molecule has 1 atom stereocenters. The molecule has 0 saturated heterocycles. The molecule has 3 aromatic rings. The zero-order valence-electron chi connectivity index (χ0n) is 13.0. The number of aryl methyl sites for hydroxylation is 2. The van der Waals surface area contributed by atoms with Crippen molar-refractivity contribution in [3.8, 4) is 0 Å². The molecule has 0 N–H and O–H groups in total. The van der Waals surface area contributed by atoms with E-state index in [1.54, 1.807) is 11.8 Å². The number of Topliss-reactive ketones (excluding diaryl/α,β-unsaturated/α-hetero) is 1. The second-order valence-electron chi connectivity index (χ2n) is 5.96. The molecule has 0 amide bonds. The van der Waals surface area contributed by atoms with Crippen LogP contribution in [0.4, 0.5) is 0 Å². The van der Waals surface area contributed by atoms with Crippen molar-refractivity contribution in [2.75, 3.05) is 0 Å². The van der Waals surface area contributed by atoms with E-state index in [-0.39, 0.29) is 11.0 Å². The summed E-state index contributed by atoms with van der Waals surface area (Å²) in [6, 6.07) is 18.2. The van der Waals surface area contributed by atoms with Gasteiger partial charge < -0.3 is 0 Å². The summed E-state index contributed by atoms with van der Waals surface area (Å²) in [6.45, 7) is 2.10. The van der Waals surface area contributed by atoms with E-state index in [0.717, 1.165) is 28.9 Å². The second kappa shape index (κ2) is 5.82. The van der Waals surface area contributed by atoms with Crippen LogP contribution >= 0.6 is 11.8 Å². The van der Waals surface area contributed by atoms with Gasteiger partial charge >= 0.3 is 0 Å². The fourth-order valence-corrected chi connectivity index (χ4v) is 4.36. The van der Waals surface area contributed by atoms with Crippen LogP contribution < -0.4 is 0 Å². The molecule has 1 aliphatic carbocycles. The maximum Gasteiger partial charge on any atom is 0.176 e. The number of nitrogens with zero attached hydrogens (tertiary/aromatic N) is 1. The van der Waals surface area contributed by atoms with E-state index in [1.165, 1.54) is 16.5 Å². The molecule has 2 aromatic carbocycles. The Morgan fingerprint density at radius 1 is 1.09 bits per heavy atom. The van der Waals surface area contributed by atoms with Crippen molar-refractivity contribution in [3.63, 3.8) is 0 Å². The van der Waals surface area contributed by atoms with Crippen molar-refractivity contribution in [1.82, 2.24) is 4.98 Å². The monoisotopic (exact) mass is 319 g/mol. The van der Waals surface area contributed by atoms with E-state index >= 15 is 0 Å². The van der Waals surface area contributed by atoms with Crippen LogP contribution in [0.15, 0.2) is 59.6 Å². The molecule has 0 saturated carbocycles. The number of rotatable bonds is 2. The first-order chi connectivity index (χ1) is 11.2. The molecule has 0 bridgehead atoms. The van der Waals surface area contributed by atoms with Gasteiger partial charge in [-0.05, 0) is 43.0 Å². The van der Waals surface area contributed by atoms with Crippen LogP contribution in [0.25, 0.3) is 10.9 Å². The van der Waals surface area contributed by atoms with Gasteiger partial charge in [0.2, 0.25) is 0 Å². The molecule has 23 heavy (non-hydrogen) atoms. The van der Waals surface area contributed by atoms with Crippen molar-refractivity contribution in [2.45, 2.75) is 30.0 Å². The average Bonchev–Trinajstić information content (AvgIpc) is 2.58. The van der Waals surface area contributed by atoms with Crippen LogP contribution in [-0.4, -0.2) is 16.0 Å². The first-order valence-corrected chi connectivity index (χ1v) is 8.75. The molecule has 4 rings (SSSR count). The topological polar surface area (TPSA) is 30.0 Å². The van der Waals surface area contributed by atoms with Crippen molar-refractivity contribution < 1.29 is 4.79 Å². The van der Waals surface area contributed by atoms with Gasteiger partial charge in [-0.3, -0.25) is 4.79 Å². The van der Waals surface area contributed by atoms with Gasteiger partial charge in [-0.1, -0.05) is 54.2 Å². The molecule has 0 aliphatic heterocycles. The Kier molecular flexibility index (Phi) is 3.66. The van der Waals surface area contributed by atoms with Crippen LogP contribution in [0, 0.1) is 6.92 Å². The van der Waals surface area contributed by atoms with Crippen molar-refractivity contribution in [3.05, 3.63) is 71.3 Å². The minimum atomic E-state index is -0.0297. The number of fused-ring (bicyclic) bond motifs is 2. The first-order valence-electron chi connectivity index (χ1n) is 7.87. The van der Waals surface area contributed by atoms with Gasteiger partial charge in [0.05, 0.1) is 15.8 Å². The molecule has 0 fully saturated rings. The highest BCUT2D eigenvalue weighted by Gasteiger charge is 2.28. The van der Waals surface area contributed by atoms with Gasteiger partial charge in [0.25, 0.3) is 0 Å². The van der Waals surface area contributed by atoms with Gasteiger partial charge in [0.1, 0.15) is 0 Å². The molecule has 0 radical (unpaired) electrons. The number of carbonyl (C=O) groups excluding carboxylic acids is 1. The summed E-state index contributed by atoms with van der Waals surface area (Å²) in [5, 5.41) is 2.09. The predicted octanol–water partition coefficient (Wildman–Crippen LogP) is 4.83. The van der Waals surface area contributed by atoms with E-state index in [4.69, 9.17) is 4.98 Å². The largest absolute Gasteiger partial charge is 0.293 e. The summed E-state index contributed by atoms with van der Waals surface area (Å²) in [7, 11) is 0. The van der Waals surface area contributed by atoms with Crippen LogP contribution in [-0.2, 0) is 6.42 Å². The van der Waals surface area contributed by atoms with E-state index in [9.17, 15) is 4.79 Å². The average molecular weight is 319 g/mol. The second-order valence-corrected chi connectivity index (χ2v) is 7.18. The Bertz CT molecular complexity index is 903. The quantitative estimate of drug-likeness (QED) is 0.677. The summed E-state index contributed by atoms with van der Waals surface area (Å²) in [6.07, 6.45) is 1.85. The highest BCUT2D eigenvalue weighted by molar-refractivity contribution is 8.00. The minimum Gasteiger partial charge on any atom is -0.293 e. The van der Waals surface area contributed by atoms with E-state index in [1.807, 2.05) is 36.4 Å². The standard InChI is InChI=1S/C20H17NOS/c1-13-12-19(21-17-9-5-4-7-15(13)17)23-18-11-10-14-6-2-3-8-16(14)20(18)22/h2-9,12,18H,10-11H2,1H3. The lowest BCUT2D eigenvalue weighted by Gasteiger charge is -2.22. The van der Waals surface area contributed by atoms with E-state index in [2.05, 4.69) is 25.1 Å². The molecule has 1 aromatic heterocycles. The summed E-state index contributed by atoms with van der Waals surface area (Å²) in [5.74, 6) is 0.240. The van der Waals surface area contributed by atoms with E-state index < -0.39 is 0 Å². The maximum absolute atomic E-state index is 12.7. The van der Waals surface area contributed by atoms with Crippen molar-refractivity contribution in [1.29, 1.82) is 0 Å². The molecule has 3 heteroatoms. The number of ketones is 1. The number of carbonyl (C=O) groups is 1. The lowest BCUT2D eigenvalue weighted by Crippen LogP contribution is -2.24. The van der Waals surface area contributed by atoms with Crippen molar-refractivity contribution >= 4 is 28.4 Å². The van der Waals surface area contributed by atoms with Gasteiger partial charge in [-0.15, -0.1) is 0 Å². The smallest absolute Gasteiger partial charge is 0.176 e. The number of para-hydroxylation sites is 1. The molecular formula is C20H17NOS. The third-order valence-corrected chi connectivity index (χ3v) is 5.60. The normalized spacial score (nSPS) is 17.3. The molecule has 2 nitrogen and oxygen atoms in total. The number of aromatic nitrogens is 1. The minimum absolute atomic E-state index is 0.0297. The molecule has 1 heterocycles. The zero-order chi connectivity index (χ0) is 15.8. The van der Waals surface area contributed by atoms with Crippen LogP contribution in [0.3, 0.4) is 0 Å². The number of hydrogen-bond acceptors (Lipinski definition) is 3. The molecule has 0 spiro atoms. The predicted molar refractivity (Wildman–Crippen MR) is 95.2 cm³/mol. The van der Waals surface area contributed by atoms with Gasteiger partial charge in [0, 0.05) is 10.9 Å². The Morgan fingerprint density at radius 2 is 1.87 bits per heavy atom. The van der Waals surface area contributed by atoms with Crippen LogP contribution in [0.5, 0.6) is 0 Å². The lowest BCUT2D eigenvalue weighted by molar-refractivity contribution is 0.0979. The Balaban J connectivity index is 1.65. The number of benzene rings is 2. The Labute approximate surface area is 139 Å². The highest BCUT2D eigenvalue weighted by Crippen LogP contribution is 2.34. The Hall–Kier alpha value is -2.13. The van der Waals surface area contributed by atoms with E-state index in [0.29, 0.717) is 0 Å². The first kappa shape index (κ1) is 14.5. The Morgan fingerprint density at radius 3 is 2.78 bits per heavy atom. The van der Waals surface area contributed by atoms with Gasteiger partial charge in [-0.2, -0.15) is 0 Å². The van der Waals surface area contributed by atoms with Crippen LogP contribution in [0.1, 0.15) is 27.9 Å². The number of pyridine rings is 1. The van der Waals surface area contributed by atoms with Crippen molar-refractivity contribution in [2.24, 2.45) is 0 Å². The van der Waals surface area contributed by atoms with Gasteiger partial charge in [-0.25, -0.2) is 4.98 Å². The molecular weight excluding hydrogens is 302 g/mol. The SMILES string of the molecule is Cc1cc(SC2CCc3ccccc3C2=O)nc2ccccc12. The number of thioether (sulfide) groups is 1. The highest BCUT2D eigenvalue weighted by atomic mass is 32.2. The molecule has 114 valence electrons. The summed E-state index contributed by atoms with van der Waals surface area (Å²) in [4.78, 5) is 17.5. The fraction of sp³-hybridized carbons (Fsp3) is 0.200. The molecule has 1 aliphatic rings. The third kappa shape index (κ3) is 2.66. The summed E-state index contributed by atoms with van der Waals surface area (Å²) >= 11 is 1.60. The maximum atomic E-state index is 12.7. The summed E-state index contributed by atoms with van der Waals surface area (Å²) in [5.41, 5.74) is 4.27. The fourth-order valence-electron chi connectivity index (χ4n) is 3.21. The molecule has 1 unspecified atom stereocenters. The lowest BCUT2D eigenvalue weighted by atomic mass is 9.90.